The average molecular weight is 579 g/mol. The lowest BCUT2D eigenvalue weighted by molar-refractivity contribution is -0.140. The van der Waals surface area contributed by atoms with Crippen molar-refractivity contribution in [1.82, 2.24) is 10.2 Å². The normalized spacial score (nSPS) is 33.5. The van der Waals surface area contributed by atoms with E-state index in [0.717, 1.165) is 24.8 Å². The summed E-state index contributed by atoms with van der Waals surface area (Å²) in [6.45, 7) is 4.11. The van der Waals surface area contributed by atoms with Crippen LogP contribution in [0.5, 0.6) is 11.5 Å². The van der Waals surface area contributed by atoms with Gasteiger partial charge in [-0.1, -0.05) is 5.57 Å². The van der Waals surface area contributed by atoms with Gasteiger partial charge in [0.2, 0.25) is 11.8 Å². The molecule has 0 saturated heterocycles. The number of fused-ring (bicyclic) bond motifs is 3. The molecule has 42 heavy (non-hydrogen) atoms. The summed E-state index contributed by atoms with van der Waals surface area (Å²) in [6.07, 6.45) is 9.14. The molecular weight excluding hydrogens is 536 g/mol. The number of amides is 2. The molecule has 7 rings (SSSR count). The fourth-order valence-corrected chi connectivity index (χ4v) is 9.06. The third-order valence-corrected chi connectivity index (χ3v) is 10.1. The second kappa shape index (κ2) is 11.2. The molecule has 4 fully saturated rings. The molecule has 2 amide bonds. The van der Waals surface area contributed by atoms with Gasteiger partial charge in [-0.15, -0.1) is 0 Å². The van der Waals surface area contributed by atoms with Crippen molar-refractivity contribution in [3.05, 3.63) is 46.6 Å². The van der Waals surface area contributed by atoms with Crippen LogP contribution in [0.3, 0.4) is 0 Å². The van der Waals surface area contributed by atoms with Crippen molar-refractivity contribution < 1.29 is 34.1 Å². The highest BCUT2D eigenvalue weighted by molar-refractivity contribution is 5.97. The van der Waals surface area contributed by atoms with Gasteiger partial charge in [-0.2, -0.15) is 0 Å². The molecule has 3 N–H and O–H groups in total. The van der Waals surface area contributed by atoms with Crippen molar-refractivity contribution >= 4 is 18.1 Å². The number of benzene rings is 1. The molecule has 0 spiro atoms. The second-order valence-electron chi connectivity index (χ2n) is 13.5. The number of aldehydes is 1. The molecule has 6 aliphatic rings. The van der Waals surface area contributed by atoms with Gasteiger partial charge in [-0.25, -0.2) is 0 Å². The van der Waals surface area contributed by atoms with Gasteiger partial charge in [0.15, 0.2) is 11.5 Å². The molecule has 1 heterocycles. The predicted molar refractivity (Wildman–Crippen MR) is 155 cm³/mol. The fraction of sp³-hybridized carbons (Fsp3) is 0.606. The van der Waals surface area contributed by atoms with E-state index < -0.39 is 30.1 Å². The first-order valence-corrected chi connectivity index (χ1v) is 15.2. The zero-order valence-corrected chi connectivity index (χ0v) is 24.7. The lowest BCUT2D eigenvalue weighted by Gasteiger charge is -2.58. The number of allylic oxidation sites excluding steroid dienone is 1. The van der Waals surface area contributed by atoms with E-state index in [2.05, 4.69) is 5.32 Å². The van der Waals surface area contributed by atoms with Gasteiger partial charge in [0.25, 0.3) is 0 Å². The smallest absolute Gasteiger partial charge is 0.247 e. The number of rotatable bonds is 9. The maximum atomic E-state index is 13.9. The van der Waals surface area contributed by atoms with Crippen molar-refractivity contribution in [2.45, 2.75) is 76.5 Å². The van der Waals surface area contributed by atoms with Crippen molar-refractivity contribution in [2.75, 3.05) is 26.8 Å². The minimum atomic E-state index is -1.13. The van der Waals surface area contributed by atoms with Gasteiger partial charge in [-0.3, -0.25) is 14.4 Å². The van der Waals surface area contributed by atoms with E-state index in [-0.39, 0.29) is 24.5 Å². The molecule has 9 nitrogen and oxygen atoms in total. The molecule has 1 aromatic rings. The number of carbonyl (C=O) groups excluding carboxylic acids is 3. The Bertz CT molecular complexity index is 1290. The summed E-state index contributed by atoms with van der Waals surface area (Å²) in [5.74, 6) is 1.53. The highest BCUT2D eigenvalue weighted by Gasteiger charge is 2.55. The minimum absolute atomic E-state index is 0.00515. The molecule has 1 aromatic carbocycles. The first kappa shape index (κ1) is 28.9. The van der Waals surface area contributed by atoms with Crippen LogP contribution in [0.1, 0.15) is 74.2 Å². The first-order chi connectivity index (χ1) is 20.1. The number of nitrogens with one attached hydrogen (secondary N) is 1. The second-order valence-corrected chi connectivity index (χ2v) is 13.5. The van der Waals surface area contributed by atoms with Gasteiger partial charge in [0, 0.05) is 35.9 Å². The highest BCUT2D eigenvalue weighted by atomic mass is 16.5. The molecule has 1 aliphatic heterocycles. The largest absolute Gasteiger partial charge is 0.493 e. The van der Waals surface area contributed by atoms with E-state index in [1.807, 2.05) is 13.8 Å². The van der Waals surface area contributed by atoms with Crippen LogP contribution >= 0.6 is 0 Å². The zero-order chi connectivity index (χ0) is 29.8. The summed E-state index contributed by atoms with van der Waals surface area (Å²) in [7, 11) is 1.48. The van der Waals surface area contributed by atoms with Gasteiger partial charge >= 0.3 is 0 Å². The molecule has 0 radical (unpaired) electrons. The molecule has 4 atom stereocenters. The molecule has 9 heteroatoms. The lowest BCUT2D eigenvalue weighted by Crippen LogP contribution is -2.59. The Morgan fingerprint density at radius 2 is 1.81 bits per heavy atom. The van der Waals surface area contributed by atoms with Crippen molar-refractivity contribution in [2.24, 2.45) is 23.2 Å². The van der Waals surface area contributed by atoms with Crippen LogP contribution in [-0.4, -0.2) is 78.3 Å². The Morgan fingerprint density at radius 3 is 2.38 bits per heavy atom. The van der Waals surface area contributed by atoms with E-state index in [1.54, 1.807) is 29.2 Å². The number of aliphatic hydroxyl groups is 2. The molecule has 0 unspecified atom stereocenters. The average Bonchev–Trinajstić information content (AvgIpc) is 3.33. The predicted octanol–water partition coefficient (Wildman–Crippen LogP) is 3.14. The van der Waals surface area contributed by atoms with Crippen LogP contribution in [0.15, 0.2) is 35.4 Å². The van der Waals surface area contributed by atoms with E-state index in [0.29, 0.717) is 58.8 Å². The van der Waals surface area contributed by atoms with Crippen LogP contribution in [0, 0.1) is 23.2 Å². The summed E-state index contributed by atoms with van der Waals surface area (Å²) < 4.78 is 11.9. The van der Waals surface area contributed by atoms with Crippen molar-refractivity contribution in [1.29, 1.82) is 0 Å². The number of methoxy groups -OCH3 is 1. The molecule has 4 bridgehead atoms. The van der Waals surface area contributed by atoms with Crippen molar-refractivity contribution in [3.63, 3.8) is 0 Å². The van der Waals surface area contributed by atoms with E-state index in [1.165, 1.54) is 26.4 Å². The third-order valence-electron chi connectivity index (χ3n) is 10.1. The first-order valence-electron chi connectivity index (χ1n) is 15.2. The number of hydrogen-bond acceptors (Lipinski definition) is 7. The molecular formula is C33H42N2O7. The molecule has 0 aromatic heterocycles. The summed E-state index contributed by atoms with van der Waals surface area (Å²) in [4.78, 5) is 41.1. The Kier molecular flexibility index (Phi) is 7.68. The van der Waals surface area contributed by atoms with Crippen molar-refractivity contribution in [3.8, 4) is 11.5 Å². The molecule has 5 aliphatic carbocycles. The van der Waals surface area contributed by atoms with Gasteiger partial charge in [0.1, 0.15) is 18.5 Å². The minimum Gasteiger partial charge on any atom is -0.493 e. The quantitative estimate of drug-likeness (QED) is 0.304. The number of nitrogens with zero attached hydrogens (tertiary/aromatic N) is 1. The highest BCUT2D eigenvalue weighted by Crippen LogP contribution is 2.60. The third kappa shape index (κ3) is 5.04. The summed E-state index contributed by atoms with van der Waals surface area (Å²) in [5.41, 5.74) is 2.15. The summed E-state index contributed by atoms with van der Waals surface area (Å²) in [6, 6.07) is 2.43. The van der Waals surface area contributed by atoms with Crippen LogP contribution in [0.2, 0.25) is 0 Å². The van der Waals surface area contributed by atoms with Crippen LogP contribution in [0.25, 0.3) is 0 Å². The van der Waals surface area contributed by atoms with Gasteiger partial charge < -0.3 is 29.9 Å². The Hall–Kier alpha value is -3.17. The number of aliphatic hydroxyl groups excluding tert-OH is 2. The number of ether oxygens (including phenoxy) is 2. The summed E-state index contributed by atoms with van der Waals surface area (Å²) >= 11 is 0. The summed E-state index contributed by atoms with van der Waals surface area (Å²) in [5, 5.41) is 24.1. The van der Waals surface area contributed by atoms with E-state index >= 15 is 0 Å². The number of hydrogen-bond donors (Lipinski definition) is 3. The van der Waals surface area contributed by atoms with E-state index in [9.17, 15) is 24.6 Å². The fourth-order valence-electron chi connectivity index (χ4n) is 9.06. The zero-order valence-electron chi connectivity index (χ0n) is 24.7. The van der Waals surface area contributed by atoms with Crippen LogP contribution in [0.4, 0.5) is 0 Å². The Morgan fingerprint density at radius 1 is 1.14 bits per heavy atom. The topological polar surface area (TPSA) is 125 Å². The van der Waals surface area contributed by atoms with Crippen LogP contribution < -0.4 is 14.8 Å². The van der Waals surface area contributed by atoms with Crippen LogP contribution in [-0.2, 0) is 9.59 Å². The molecule has 4 saturated carbocycles. The van der Waals surface area contributed by atoms with Gasteiger partial charge in [-0.05, 0) is 93.7 Å². The number of carbonyl (C=O) groups is 3. The Labute approximate surface area is 246 Å². The monoisotopic (exact) mass is 578 g/mol. The maximum absolute atomic E-state index is 13.9. The van der Waals surface area contributed by atoms with E-state index in [4.69, 9.17) is 9.47 Å². The maximum Gasteiger partial charge on any atom is 0.247 e. The standard InChI is InChI=1S/C33H42N2O7/c1-18(2)6-27(38)35(17-33-13-19-7-20(14-33)9-21(8-19)15-33)25-12-24(32(40)34-4-5-36)28-23-10-22(16-37)11-26(41-3)30(23)42-31(28)29(25)39/h6,10-12,16,19-21,25,28-29,31,36,39H,4-5,7-9,13-15,17H2,1-3H3,(H,34,40)/t19?,20?,21?,25-,28+,29+,31+,33?/m1/s1. The van der Waals surface area contributed by atoms with Gasteiger partial charge in [0.05, 0.1) is 25.7 Å². The molecule has 226 valence electrons. The lowest BCUT2D eigenvalue weighted by atomic mass is 9.49. The Balaban J connectivity index is 1.43. The SMILES string of the molecule is COc1cc(C=O)cc2c1O[C@@H]1[C@@H](O)[C@H](N(CC34CC5CC(CC(C5)C3)C4)C(=O)C=C(C)C)C=C(C(=O)NCCO)[C@H]21.